The quantitative estimate of drug-likeness (QED) is 0.228. The van der Waals surface area contributed by atoms with Gasteiger partial charge in [-0.25, -0.2) is 38.4 Å². The van der Waals surface area contributed by atoms with E-state index < -0.39 is 136 Å². The van der Waals surface area contributed by atoms with Gasteiger partial charge < -0.3 is 18.9 Å². The van der Waals surface area contributed by atoms with Crippen molar-refractivity contribution in [3.8, 4) is 23.0 Å². The fourth-order valence-corrected chi connectivity index (χ4v) is 17.7. The third-order valence-corrected chi connectivity index (χ3v) is 23.4. The van der Waals surface area contributed by atoms with Gasteiger partial charge in [0.05, 0.1) is 52.6 Å². The molecule has 0 bridgehead atoms. The number of carbonyl (C=O) groups is 11. The van der Waals surface area contributed by atoms with E-state index in [1.54, 1.807) is 71.6 Å². The minimum atomic E-state index is -1.57. The van der Waals surface area contributed by atoms with E-state index in [-0.39, 0.29) is 61.3 Å². The summed E-state index contributed by atoms with van der Waals surface area (Å²) < 4.78 is 25.3. The molecule has 2 aromatic carbocycles. The highest BCUT2D eigenvalue weighted by molar-refractivity contribution is 8.14. The molecule has 11 saturated heterocycles. The normalized spacial score (nSPS) is 30.2. The first kappa shape index (κ1) is 59.2. The molecule has 484 valence electrons. The van der Waals surface area contributed by atoms with Crippen molar-refractivity contribution < 1.29 is 71.7 Å². The van der Waals surface area contributed by atoms with E-state index in [1.165, 1.54) is 79.6 Å². The average molecular weight is 1310 g/mol. The summed E-state index contributed by atoms with van der Waals surface area (Å²) in [6.07, 6.45) is -3.94. The molecule has 11 fully saturated rings. The second-order valence-corrected chi connectivity index (χ2v) is 28.9. The Morgan fingerprint density at radius 3 is 0.813 bits per heavy atom. The maximum Gasteiger partial charge on any atom is 0.326 e. The van der Waals surface area contributed by atoms with E-state index in [0.29, 0.717) is 75.5 Å². The first-order chi connectivity index (χ1) is 43.4. The smallest absolute Gasteiger partial charge is 0.326 e. The van der Waals surface area contributed by atoms with E-state index in [4.69, 9.17) is 18.9 Å². The lowest BCUT2D eigenvalue weighted by Gasteiger charge is -2.49. The van der Waals surface area contributed by atoms with Crippen LogP contribution in [-0.4, -0.2) is 273 Å². The zero-order chi connectivity index (χ0) is 64.0. The van der Waals surface area contributed by atoms with E-state index in [0.717, 1.165) is 35.3 Å². The van der Waals surface area contributed by atoms with Crippen molar-refractivity contribution in [1.29, 1.82) is 0 Å². The molecule has 34 heteroatoms. The minimum Gasteiger partial charge on any atom is -0.493 e. The van der Waals surface area contributed by atoms with Crippen LogP contribution in [0.4, 0.5) is 38.4 Å². The summed E-state index contributed by atoms with van der Waals surface area (Å²) in [4.78, 5) is 184. The van der Waals surface area contributed by atoms with Gasteiger partial charge in [-0.2, -0.15) is 0 Å². The Balaban J connectivity index is 0.758. The average Bonchev–Trinajstić information content (AvgIpc) is 1.50. The number of fused-ring (bicyclic) bond motifs is 2. The van der Waals surface area contributed by atoms with Gasteiger partial charge in [-0.15, -0.1) is 0 Å². The van der Waals surface area contributed by atoms with E-state index in [1.807, 2.05) is 6.92 Å². The number of nitrogens with zero attached hydrogens (tertiary/aromatic N) is 16. The van der Waals surface area contributed by atoms with E-state index >= 15 is 38.4 Å². The second-order valence-electron chi connectivity index (χ2n) is 25.1. The Labute approximate surface area is 535 Å². The molecule has 2 aromatic rings. The van der Waals surface area contributed by atoms with Gasteiger partial charge in [0.2, 0.25) is 0 Å². The Kier molecular flexibility index (Phi) is 13.3. The van der Waals surface area contributed by atoms with E-state index in [2.05, 4.69) is 0 Å². The maximum absolute atomic E-state index is 15.6. The highest BCUT2D eigenvalue weighted by atomic mass is 32.2. The summed E-state index contributed by atoms with van der Waals surface area (Å²) in [5, 5.41) is -0.227. The number of amides is 16. The number of hydrogen-bond donors (Lipinski definition) is 0. The van der Waals surface area contributed by atoms with Gasteiger partial charge in [-0.1, -0.05) is 42.2 Å². The monoisotopic (exact) mass is 1310 g/mol. The fourth-order valence-electron chi connectivity index (χ4n) is 16.4. The minimum absolute atomic E-state index is 0.0241. The maximum atomic E-state index is 15.6. The summed E-state index contributed by atoms with van der Waals surface area (Å²) in [7, 11) is 0. The highest BCUT2D eigenvalue weighted by Crippen LogP contribution is 2.59. The molecule has 0 aromatic heterocycles. The Hall–Kier alpha value is -8.14. The molecule has 15 rings (SSSR count). The standard InChI is InChI=1S/C57H68N16O15S3/c1-9-14-85-38-10-11-39(86-15-18-89-31(2)74)35-22-67-51(82)71-28-63-44-42-58(46(77)62(44)27-70-50(81)66(21-34(35)38)54(67,5)56(70,71)7)25-60-43-45-64(48(60)79)29-72-52(83)68-23-36-37(41(88-17-20-91-33(4)76)13-12-40(36)87-16-19-90-32(3)75)24-69-53(84)73(57(72,8)55(68,69)6)30-65(45)49(80)61(43)26-59(42)47(63)78/h10-13,42-45H,9,14-30H2,1-8H3/t42-,43+,44+,45-,54+,55?,56-,57?/m1/s1. The summed E-state index contributed by atoms with van der Waals surface area (Å²) in [6, 6.07) is 2.39. The molecule has 31 nitrogen and oxygen atoms in total. The SMILES string of the molecule is CCCOc1ccc(OCCSC(C)=O)c2c1CN1C(=O)N3CN4C(=O)N5CN6C(=O)N7CN8C(=O)N9Cc%10c(OCCSC(C)=O)ccc(OCCSC(C)=O)c%10CN%10C(=O)N(CN%11C(=O)N(CN%12C(=O)N(CN%13C(=O)N(C2)[C@@]1(C)[C@]3%13C)[C@H]4[C@H]5%12)[C@H]6[C@H]7%11)C8(C)C9%10C. The molecule has 0 radical (unpaired) electrons. The Bertz CT molecular complexity index is 3670. The van der Waals surface area contributed by atoms with Gasteiger partial charge in [0.15, 0.2) is 62.7 Å². The number of benzene rings is 2. The van der Waals surface area contributed by atoms with Crippen molar-refractivity contribution in [2.75, 3.05) is 83.7 Å². The lowest BCUT2D eigenvalue weighted by molar-refractivity contribution is -0.109. The molecule has 0 N–H and O–H groups in total. The predicted octanol–water partition coefficient (Wildman–Crippen LogP) is 4.03. The van der Waals surface area contributed by atoms with Crippen LogP contribution in [0.3, 0.4) is 0 Å². The van der Waals surface area contributed by atoms with Crippen molar-refractivity contribution in [3.05, 3.63) is 46.5 Å². The van der Waals surface area contributed by atoms with Crippen LogP contribution in [0.2, 0.25) is 0 Å². The van der Waals surface area contributed by atoms with Crippen LogP contribution in [0.5, 0.6) is 23.0 Å². The van der Waals surface area contributed by atoms with Gasteiger partial charge in [-0.3, -0.25) is 92.8 Å². The molecule has 0 saturated carbocycles. The molecule has 2 unspecified atom stereocenters. The molecule has 0 spiro atoms. The van der Waals surface area contributed by atoms with Crippen LogP contribution >= 0.6 is 35.3 Å². The summed E-state index contributed by atoms with van der Waals surface area (Å²) >= 11 is 3.32. The lowest BCUT2D eigenvalue weighted by atomic mass is 9.95. The summed E-state index contributed by atoms with van der Waals surface area (Å²) in [6.45, 7) is 11.5. The van der Waals surface area contributed by atoms with Crippen LogP contribution in [0.25, 0.3) is 0 Å². The molecule has 0 aliphatic carbocycles. The van der Waals surface area contributed by atoms with Crippen molar-refractivity contribution in [1.82, 2.24) is 78.4 Å². The molecular formula is C57H68N16O15S3. The van der Waals surface area contributed by atoms with Gasteiger partial charge in [0.25, 0.3) is 0 Å². The van der Waals surface area contributed by atoms with Gasteiger partial charge in [-0.05, 0) is 58.4 Å². The molecular weight excluding hydrogens is 1240 g/mol. The molecule has 8 atom stereocenters. The zero-order valence-electron chi connectivity index (χ0n) is 51.4. The molecule has 13 heterocycles. The van der Waals surface area contributed by atoms with Gasteiger partial charge >= 0.3 is 48.2 Å². The van der Waals surface area contributed by atoms with Crippen LogP contribution in [0, 0.1) is 0 Å². The fraction of sp³-hybridized carbons (Fsp3) is 0.596. The van der Waals surface area contributed by atoms with Crippen LogP contribution in [-0.2, 0) is 40.6 Å². The van der Waals surface area contributed by atoms with Crippen LogP contribution < -0.4 is 18.9 Å². The van der Waals surface area contributed by atoms with Crippen molar-refractivity contribution in [3.63, 3.8) is 0 Å². The summed E-state index contributed by atoms with van der Waals surface area (Å²) in [5.74, 6) is 2.83. The van der Waals surface area contributed by atoms with Crippen molar-refractivity contribution >= 4 is 98.9 Å². The third-order valence-electron chi connectivity index (χ3n) is 21.0. The topological polar surface area (TPSA) is 277 Å². The second kappa shape index (κ2) is 20.4. The number of urea groups is 8. The Morgan fingerprint density at radius 1 is 0.363 bits per heavy atom. The predicted molar refractivity (Wildman–Crippen MR) is 320 cm³/mol. The first-order valence-corrected chi connectivity index (χ1v) is 33.3. The zero-order valence-corrected chi connectivity index (χ0v) is 53.8. The lowest BCUT2D eigenvalue weighted by Crippen LogP contribution is -2.69. The number of hydrogen-bond acceptors (Lipinski definition) is 18. The first-order valence-electron chi connectivity index (χ1n) is 30.3. The molecule has 91 heavy (non-hydrogen) atoms. The van der Waals surface area contributed by atoms with Crippen molar-refractivity contribution in [2.24, 2.45) is 0 Å². The highest BCUT2D eigenvalue weighted by Gasteiger charge is 2.80. The number of ether oxygens (including phenoxy) is 4. The largest absolute Gasteiger partial charge is 0.493 e. The number of rotatable bonds is 15. The van der Waals surface area contributed by atoms with Crippen LogP contribution in [0.15, 0.2) is 24.3 Å². The number of thioether (sulfide) groups is 3. The number of carbonyl (C=O) groups excluding carboxylic acids is 11. The molecule has 13 aliphatic rings. The molecule has 13 aliphatic heterocycles. The molecule has 16 amide bonds. The van der Waals surface area contributed by atoms with Gasteiger partial charge in [0, 0.05) is 60.3 Å². The Morgan fingerprint density at radius 2 is 0.582 bits per heavy atom. The van der Waals surface area contributed by atoms with E-state index in [9.17, 15) is 14.4 Å². The third kappa shape index (κ3) is 7.67. The van der Waals surface area contributed by atoms with Crippen molar-refractivity contribution in [2.45, 2.75) is 135 Å². The van der Waals surface area contributed by atoms with Gasteiger partial charge in [0.1, 0.15) is 63.0 Å². The summed E-state index contributed by atoms with van der Waals surface area (Å²) in [5.41, 5.74) is -3.66. The van der Waals surface area contributed by atoms with Crippen LogP contribution in [0.1, 0.15) is 84.1 Å².